The first-order valence-corrected chi connectivity index (χ1v) is 6.04. The van der Waals surface area contributed by atoms with Crippen molar-refractivity contribution >= 4 is 5.78 Å². The molecular weight excluding hydrogens is 172 g/mol. The molecule has 1 nitrogen and oxygen atoms in total. The van der Waals surface area contributed by atoms with Crippen LogP contribution < -0.4 is 0 Å². The largest absolute Gasteiger partial charge is 0.299 e. The number of carbonyl (C=O) groups is 1. The van der Waals surface area contributed by atoms with E-state index >= 15 is 0 Å². The van der Waals surface area contributed by atoms with Gasteiger partial charge < -0.3 is 0 Å². The third-order valence-corrected chi connectivity index (χ3v) is 3.50. The van der Waals surface area contributed by atoms with Crippen molar-refractivity contribution in [1.82, 2.24) is 0 Å². The van der Waals surface area contributed by atoms with Gasteiger partial charge in [-0.05, 0) is 24.7 Å². The normalized spacial score (nSPS) is 33.8. The van der Waals surface area contributed by atoms with Gasteiger partial charge in [-0.25, -0.2) is 0 Å². The molecular formula is C13H24O. The Kier molecular flexibility index (Phi) is 4.15. The van der Waals surface area contributed by atoms with Crippen LogP contribution >= 0.6 is 0 Å². The molecule has 0 amide bonds. The Morgan fingerprint density at radius 2 is 1.71 bits per heavy atom. The van der Waals surface area contributed by atoms with Gasteiger partial charge >= 0.3 is 0 Å². The van der Waals surface area contributed by atoms with E-state index < -0.39 is 0 Å². The molecule has 0 spiro atoms. The summed E-state index contributed by atoms with van der Waals surface area (Å²) in [6, 6.07) is 0. The first-order chi connectivity index (χ1) is 6.50. The summed E-state index contributed by atoms with van der Waals surface area (Å²) in [5.41, 5.74) is 0. The van der Waals surface area contributed by atoms with E-state index in [0.717, 1.165) is 24.7 Å². The first kappa shape index (κ1) is 11.7. The Morgan fingerprint density at radius 3 is 2.14 bits per heavy atom. The summed E-state index contributed by atoms with van der Waals surface area (Å²) < 4.78 is 0. The zero-order valence-electron chi connectivity index (χ0n) is 10.0. The summed E-state index contributed by atoms with van der Waals surface area (Å²) in [6.07, 6.45) is 4.91. The van der Waals surface area contributed by atoms with Crippen molar-refractivity contribution < 1.29 is 4.79 Å². The average Bonchev–Trinajstić information content (AvgIpc) is 2.10. The maximum Gasteiger partial charge on any atom is 0.138 e. The van der Waals surface area contributed by atoms with E-state index in [1.807, 2.05) is 0 Å². The maximum atomic E-state index is 11.6. The number of ketones is 1. The van der Waals surface area contributed by atoms with Crippen LogP contribution in [0.15, 0.2) is 0 Å². The smallest absolute Gasteiger partial charge is 0.138 e. The summed E-state index contributed by atoms with van der Waals surface area (Å²) in [6.45, 7) is 8.75. The number of hydrogen-bond acceptors (Lipinski definition) is 1. The number of hydrogen-bond donors (Lipinski definition) is 0. The Labute approximate surface area is 88.3 Å². The molecule has 82 valence electrons. The number of Topliss-reactive ketones (excluding diaryl/α,β-unsaturated/α-hetero) is 1. The monoisotopic (exact) mass is 196 g/mol. The van der Waals surface area contributed by atoms with E-state index in [4.69, 9.17) is 0 Å². The minimum atomic E-state index is 0.316. The molecule has 0 aliphatic heterocycles. The second kappa shape index (κ2) is 4.95. The fourth-order valence-corrected chi connectivity index (χ4v) is 2.62. The van der Waals surface area contributed by atoms with Gasteiger partial charge in [0.1, 0.15) is 5.78 Å². The lowest BCUT2D eigenvalue weighted by atomic mass is 9.73. The van der Waals surface area contributed by atoms with Crippen molar-refractivity contribution in [3.63, 3.8) is 0 Å². The molecule has 0 aromatic heterocycles. The van der Waals surface area contributed by atoms with Crippen LogP contribution in [-0.2, 0) is 4.79 Å². The molecule has 1 saturated carbocycles. The van der Waals surface area contributed by atoms with Crippen molar-refractivity contribution in [2.75, 3.05) is 0 Å². The molecule has 0 aromatic rings. The molecule has 0 heterocycles. The molecule has 1 fully saturated rings. The molecule has 0 N–H and O–H groups in total. The number of rotatable bonds is 3. The first-order valence-electron chi connectivity index (χ1n) is 6.04. The van der Waals surface area contributed by atoms with Crippen molar-refractivity contribution in [3.8, 4) is 0 Å². The zero-order chi connectivity index (χ0) is 10.7. The van der Waals surface area contributed by atoms with Crippen LogP contribution in [0.1, 0.15) is 53.4 Å². The molecule has 2 atom stereocenters. The van der Waals surface area contributed by atoms with Crippen molar-refractivity contribution in [2.45, 2.75) is 53.4 Å². The van der Waals surface area contributed by atoms with Gasteiger partial charge in [-0.2, -0.15) is 0 Å². The van der Waals surface area contributed by atoms with Gasteiger partial charge in [-0.15, -0.1) is 0 Å². The Morgan fingerprint density at radius 1 is 1.21 bits per heavy atom. The van der Waals surface area contributed by atoms with Crippen molar-refractivity contribution in [3.05, 3.63) is 0 Å². The third kappa shape index (κ3) is 3.11. The SMILES string of the molecule is CC(C)CCC1CC(C)C(=O)C(C)C1. The Bertz CT molecular complexity index is 181. The van der Waals surface area contributed by atoms with Gasteiger partial charge in [0.25, 0.3) is 0 Å². The molecule has 1 aliphatic carbocycles. The van der Waals surface area contributed by atoms with E-state index in [1.165, 1.54) is 12.8 Å². The van der Waals surface area contributed by atoms with Gasteiger partial charge in [0.05, 0.1) is 0 Å². The predicted octanol–water partition coefficient (Wildman–Crippen LogP) is 3.67. The second-order valence-corrected chi connectivity index (χ2v) is 5.51. The minimum Gasteiger partial charge on any atom is -0.299 e. The highest BCUT2D eigenvalue weighted by molar-refractivity contribution is 5.83. The summed E-state index contributed by atoms with van der Waals surface area (Å²) in [7, 11) is 0. The summed E-state index contributed by atoms with van der Waals surface area (Å²) in [4.78, 5) is 11.6. The summed E-state index contributed by atoms with van der Waals surface area (Å²) >= 11 is 0. The second-order valence-electron chi connectivity index (χ2n) is 5.51. The van der Waals surface area contributed by atoms with Crippen LogP contribution in [0.2, 0.25) is 0 Å². The Hall–Kier alpha value is -0.330. The third-order valence-electron chi connectivity index (χ3n) is 3.50. The highest BCUT2D eigenvalue weighted by Gasteiger charge is 2.30. The van der Waals surface area contributed by atoms with Crippen LogP contribution in [0, 0.1) is 23.7 Å². The van der Waals surface area contributed by atoms with Crippen LogP contribution in [0.4, 0.5) is 0 Å². The van der Waals surface area contributed by atoms with Gasteiger partial charge in [-0.1, -0.05) is 40.5 Å². The van der Waals surface area contributed by atoms with Gasteiger partial charge in [0.2, 0.25) is 0 Å². The molecule has 1 heteroatoms. The van der Waals surface area contributed by atoms with Gasteiger partial charge in [-0.3, -0.25) is 4.79 Å². The van der Waals surface area contributed by atoms with E-state index in [1.54, 1.807) is 0 Å². The van der Waals surface area contributed by atoms with Gasteiger partial charge in [0, 0.05) is 11.8 Å². The standard InChI is InChI=1S/C13H24O/c1-9(2)5-6-12-7-10(3)13(14)11(4)8-12/h9-12H,5-8H2,1-4H3. The molecule has 0 radical (unpaired) electrons. The Balaban J connectivity index is 2.38. The van der Waals surface area contributed by atoms with E-state index in [2.05, 4.69) is 27.7 Å². The fraction of sp³-hybridized carbons (Fsp3) is 0.923. The number of carbonyl (C=O) groups excluding carboxylic acids is 1. The molecule has 1 aliphatic rings. The zero-order valence-corrected chi connectivity index (χ0v) is 10.0. The van der Waals surface area contributed by atoms with Crippen molar-refractivity contribution in [1.29, 1.82) is 0 Å². The van der Waals surface area contributed by atoms with E-state index in [-0.39, 0.29) is 0 Å². The van der Waals surface area contributed by atoms with Crippen LogP contribution in [-0.4, -0.2) is 5.78 Å². The quantitative estimate of drug-likeness (QED) is 0.673. The minimum absolute atomic E-state index is 0.316. The molecule has 2 unspecified atom stereocenters. The lowest BCUT2D eigenvalue weighted by Crippen LogP contribution is -2.29. The molecule has 0 bridgehead atoms. The summed E-state index contributed by atoms with van der Waals surface area (Å²) in [5.74, 6) is 2.73. The lowest BCUT2D eigenvalue weighted by Gasteiger charge is -2.30. The molecule has 1 rings (SSSR count). The predicted molar refractivity (Wildman–Crippen MR) is 60.1 cm³/mol. The maximum absolute atomic E-state index is 11.6. The topological polar surface area (TPSA) is 17.1 Å². The van der Waals surface area contributed by atoms with E-state index in [9.17, 15) is 4.79 Å². The summed E-state index contributed by atoms with van der Waals surface area (Å²) in [5, 5.41) is 0. The van der Waals surface area contributed by atoms with Crippen LogP contribution in [0.3, 0.4) is 0 Å². The van der Waals surface area contributed by atoms with Crippen LogP contribution in [0.5, 0.6) is 0 Å². The van der Waals surface area contributed by atoms with Gasteiger partial charge in [0.15, 0.2) is 0 Å². The molecule has 0 saturated heterocycles. The lowest BCUT2D eigenvalue weighted by molar-refractivity contribution is -0.129. The van der Waals surface area contributed by atoms with Crippen molar-refractivity contribution in [2.24, 2.45) is 23.7 Å². The molecule has 14 heavy (non-hydrogen) atoms. The van der Waals surface area contributed by atoms with Crippen LogP contribution in [0.25, 0.3) is 0 Å². The fourth-order valence-electron chi connectivity index (χ4n) is 2.62. The molecule has 0 aromatic carbocycles. The average molecular weight is 196 g/mol. The highest BCUT2D eigenvalue weighted by Crippen LogP contribution is 2.33. The van der Waals surface area contributed by atoms with E-state index in [0.29, 0.717) is 17.6 Å². The highest BCUT2D eigenvalue weighted by atomic mass is 16.1.